The molecule has 7 heteroatoms. The third-order valence-electron chi connectivity index (χ3n) is 3.71. The number of ketones is 1. The molecule has 0 fully saturated rings. The number of hydrogen-bond acceptors (Lipinski definition) is 5. The average molecular weight is 385 g/mol. The van der Waals surface area contributed by atoms with Crippen LogP contribution in [0.15, 0.2) is 72.9 Å². The molecule has 0 spiro atoms. The van der Waals surface area contributed by atoms with Gasteiger partial charge in [0.15, 0.2) is 12.0 Å². The van der Waals surface area contributed by atoms with Crippen LogP contribution in [0.2, 0.25) is 0 Å². The number of carbonyl (C=O) groups is 1. The van der Waals surface area contributed by atoms with Gasteiger partial charge >= 0.3 is 0 Å². The zero-order valence-corrected chi connectivity index (χ0v) is 15.7. The van der Waals surface area contributed by atoms with Gasteiger partial charge in [-0.1, -0.05) is 36.4 Å². The fourth-order valence-electron chi connectivity index (χ4n) is 2.36. The molecule has 3 rings (SSSR count). The number of benzene rings is 2. The van der Waals surface area contributed by atoms with Crippen LogP contribution >= 0.6 is 0 Å². The van der Waals surface area contributed by atoms with Crippen LogP contribution in [0.4, 0.5) is 0 Å². The summed E-state index contributed by atoms with van der Waals surface area (Å²) in [6, 6.07) is 19.6. The van der Waals surface area contributed by atoms with Crippen LogP contribution in [-0.2, 0) is 21.6 Å². The zero-order chi connectivity index (χ0) is 19.9. The van der Waals surface area contributed by atoms with Gasteiger partial charge in [-0.15, -0.1) is 0 Å². The van der Waals surface area contributed by atoms with Crippen molar-refractivity contribution in [2.24, 2.45) is 7.05 Å². The minimum absolute atomic E-state index is 0.0225. The highest BCUT2D eigenvalue weighted by atomic mass is 32.3. The van der Waals surface area contributed by atoms with Gasteiger partial charge in [-0.2, -0.15) is 0 Å². The molecular weight excluding hydrogens is 366 g/mol. The Hall–Kier alpha value is -2.87. The van der Waals surface area contributed by atoms with E-state index in [0.29, 0.717) is 5.56 Å². The lowest BCUT2D eigenvalue weighted by Crippen LogP contribution is -2.27. The number of allylic oxidation sites excluding steroid dienone is 1. The van der Waals surface area contributed by atoms with Crippen molar-refractivity contribution in [1.82, 2.24) is 0 Å². The summed E-state index contributed by atoms with van der Waals surface area (Å²) in [5, 5.41) is 1.16. The Bertz CT molecular complexity index is 1060. The van der Waals surface area contributed by atoms with Crippen LogP contribution in [0.5, 0.6) is 0 Å². The molecule has 6 nitrogen and oxygen atoms in total. The Morgan fingerprint density at radius 3 is 2.37 bits per heavy atom. The van der Waals surface area contributed by atoms with Crippen LogP contribution in [0.1, 0.15) is 15.9 Å². The van der Waals surface area contributed by atoms with E-state index in [0.717, 1.165) is 18.1 Å². The number of rotatable bonds is 4. The minimum atomic E-state index is -4.41. The van der Waals surface area contributed by atoms with Gasteiger partial charge in [-0.25, -0.2) is 13.0 Å². The molecule has 0 unspecified atom stereocenters. The number of hydrogen-bond donors (Lipinski definition) is 0. The van der Waals surface area contributed by atoms with Gasteiger partial charge in [0.25, 0.3) is 0 Å². The molecular formula is C20H19NO5S. The van der Waals surface area contributed by atoms with Crippen molar-refractivity contribution in [3.63, 3.8) is 0 Å². The summed E-state index contributed by atoms with van der Waals surface area (Å²) >= 11 is 0. The van der Waals surface area contributed by atoms with Gasteiger partial charge in [-0.05, 0) is 29.8 Å². The summed E-state index contributed by atoms with van der Waals surface area (Å²) in [7, 11) is -1.58. The molecule has 0 bridgehead atoms. The molecule has 0 aliphatic carbocycles. The number of carbonyl (C=O) groups excluding carboxylic acids is 1. The highest BCUT2D eigenvalue weighted by Crippen LogP contribution is 2.14. The quantitative estimate of drug-likeness (QED) is 0.227. The minimum Gasteiger partial charge on any atom is -0.726 e. The van der Waals surface area contributed by atoms with Crippen molar-refractivity contribution in [3.05, 3.63) is 84.1 Å². The fourth-order valence-corrected chi connectivity index (χ4v) is 2.36. The smallest absolute Gasteiger partial charge is 0.217 e. The molecule has 0 saturated carbocycles. The third kappa shape index (κ3) is 6.41. The first-order chi connectivity index (χ1) is 12.8. The van der Waals surface area contributed by atoms with Crippen molar-refractivity contribution < 1.29 is 26.5 Å². The second kappa shape index (κ2) is 9.18. The first kappa shape index (κ1) is 20.4. The summed E-state index contributed by atoms with van der Waals surface area (Å²) in [4.78, 5) is 12.0. The SMILES string of the molecule is COS(=O)(=O)[O-].C[n+]1cccc2cc(/C=C/C(=O)c3ccccc3)ccc21. The van der Waals surface area contributed by atoms with Crippen molar-refractivity contribution in [2.75, 3.05) is 7.11 Å². The molecule has 0 radical (unpaired) electrons. The molecule has 3 aromatic rings. The van der Waals surface area contributed by atoms with Gasteiger partial charge in [0.05, 0.1) is 7.11 Å². The maximum Gasteiger partial charge on any atom is 0.217 e. The number of aromatic nitrogens is 1. The van der Waals surface area contributed by atoms with Crippen LogP contribution < -0.4 is 4.57 Å². The van der Waals surface area contributed by atoms with Gasteiger partial charge in [0.2, 0.25) is 15.9 Å². The Kier molecular flexibility index (Phi) is 6.95. The standard InChI is InChI=1S/C19H16NO.CH4O4S/c1-20-13-5-8-17-14-15(9-11-18(17)20)10-12-19(21)16-6-3-2-4-7-16;1-5-6(2,3)4/h2-14H,1H3;1H3,(H,2,3,4)/q+1;/p-1/b12-10+;. The highest BCUT2D eigenvalue weighted by molar-refractivity contribution is 7.80. The molecule has 0 saturated heterocycles. The average Bonchev–Trinajstić information content (AvgIpc) is 2.67. The lowest BCUT2D eigenvalue weighted by Gasteiger charge is -1.98. The van der Waals surface area contributed by atoms with Crippen LogP contribution in [0.3, 0.4) is 0 Å². The Morgan fingerprint density at radius 1 is 1.07 bits per heavy atom. The van der Waals surface area contributed by atoms with Gasteiger partial charge in [-0.3, -0.25) is 8.98 Å². The molecule has 2 aromatic carbocycles. The highest BCUT2D eigenvalue weighted by Gasteiger charge is 2.04. The molecule has 1 heterocycles. The maximum atomic E-state index is 12.0. The number of nitrogens with zero attached hydrogens (tertiary/aromatic N) is 1. The van der Waals surface area contributed by atoms with E-state index in [2.05, 4.69) is 26.9 Å². The fraction of sp³-hybridized carbons (Fsp3) is 0.100. The third-order valence-corrected chi connectivity index (χ3v) is 4.11. The van der Waals surface area contributed by atoms with Gasteiger partial charge < -0.3 is 4.55 Å². The van der Waals surface area contributed by atoms with E-state index in [1.165, 1.54) is 5.52 Å². The second-order valence-electron chi connectivity index (χ2n) is 5.58. The molecule has 0 aliphatic rings. The van der Waals surface area contributed by atoms with Crippen molar-refractivity contribution in [3.8, 4) is 0 Å². The van der Waals surface area contributed by atoms with Crippen molar-refractivity contribution >= 4 is 33.2 Å². The lowest BCUT2D eigenvalue weighted by atomic mass is 10.1. The molecule has 0 amide bonds. The summed E-state index contributed by atoms with van der Waals surface area (Å²) in [5.41, 5.74) is 2.91. The summed E-state index contributed by atoms with van der Waals surface area (Å²) in [6.45, 7) is 0. The number of fused-ring (bicyclic) bond motifs is 1. The largest absolute Gasteiger partial charge is 0.726 e. The second-order valence-corrected chi connectivity index (χ2v) is 6.73. The van der Waals surface area contributed by atoms with E-state index >= 15 is 0 Å². The van der Waals surface area contributed by atoms with Crippen molar-refractivity contribution in [1.29, 1.82) is 0 Å². The van der Waals surface area contributed by atoms with E-state index in [9.17, 15) is 17.8 Å². The van der Waals surface area contributed by atoms with Gasteiger partial charge in [0, 0.05) is 23.1 Å². The van der Waals surface area contributed by atoms with E-state index in [1.54, 1.807) is 6.08 Å². The summed E-state index contributed by atoms with van der Waals surface area (Å²) in [6.07, 6.45) is 5.51. The number of pyridine rings is 1. The maximum absolute atomic E-state index is 12.0. The van der Waals surface area contributed by atoms with E-state index in [1.807, 2.05) is 61.8 Å². The van der Waals surface area contributed by atoms with Crippen molar-refractivity contribution in [2.45, 2.75) is 0 Å². The first-order valence-electron chi connectivity index (χ1n) is 7.97. The Labute approximate surface area is 158 Å². The molecule has 27 heavy (non-hydrogen) atoms. The first-order valence-corrected chi connectivity index (χ1v) is 9.31. The summed E-state index contributed by atoms with van der Waals surface area (Å²) < 4.78 is 33.1. The lowest BCUT2D eigenvalue weighted by molar-refractivity contribution is -0.644. The van der Waals surface area contributed by atoms with Crippen LogP contribution in [0, 0.1) is 0 Å². The molecule has 140 valence electrons. The normalized spacial score (nSPS) is 11.2. The van der Waals surface area contributed by atoms with Crippen LogP contribution in [-0.4, -0.2) is 25.9 Å². The van der Waals surface area contributed by atoms with E-state index in [4.69, 9.17) is 0 Å². The monoisotopic (exact) mass is 385 g/mol. The predicted octanol–water partition coefficient (Wildman–Crippen LogP) is 2.65. The summed E-state index contributed by atoms with van der Waals surface area (Å²) in [5.74, 6) is 0.0225. The van der Waals surface area contributed by atoms with Crippen LogP contribution in [0.25, 0.3) is 17.0 Å². The molecule has 1 aromatic heterocycles. The number of aryl methyl sites for hydroxylation is 1. The predicted molar refractivity (Wildman–Crippen MR) is 102 cm³/mol. The Balaban J connectivity index is 0.000000380. The van der Waals surface area contributed by atoms with E-state index < -0.39 is 10.4 Å². The molecule has 0 atom stereocenters. The van der Waals surface area contributed by atoms with Gasteiger partial charge in [0.1, 0.15) is 7.05 Å². The molecule has 0 N–H and O–H groups in total. The van der Waals surface area contributed by atoms with E-state index in [-0.39, 0.29) is 5.78 Å². The zero-order valence-electron chi connectivity index (χ0n) is 14.9. The molecule has 0 aliphatic heterocycles. The Morgan fingerprint density at radius 2 is 1.74 bits per heavy atom. The topological polar surface area (TPSA) is 87.4 Å².